The average molecular weight is 350 g/mol. The molecule has 2 N–H and O–H groups in total. The van der Waals surface area contributed by atoms with Crippen molar-refractivity contribution in [3.8, 4) is 11.5 Å². The number of methoxy groups -OCH3 is 2. The number of ketones is 1. The van der Waals surface area contributed by atoms with Gasteiger partial charge in [-0.25, -0.2) is 0 Å². The Morgan fingerprint density at radius 2 is 1.81 bits per heavy atom. The van der Waals surface area contributed by atoms with E-state index in [2.05, 4.69) is 15.9 Å². The molecule has 4 nitrogen and oxygen atoms in total. The van der Waals surface area contributed by atoms with Crippen LogP contribution >= 0.6 is 15.9 Å². The fraction of sp³-hybridized carbons (Fsp3) is 0.188. The zero-order chi connectivity index (χ0) is 15.6. The summed E-state index contributed by atoms with van der Waals surface area (Å²) in [6.07, 6.45) is 0. The van der Waals surface area contributed by atoms with Gasteiger partial charge in [0.2, 0.25) is 0 Å². The fourth-order valence-electron chi connectivity index (χ4n) is 2.15. The second kappa shape index (κ2) is 6.18. The van der Waals surface area contributed by atoms with Crippen molar-refractivity contribution in [2.24, 2.45) is 0 Å². The van der Waals surface area contributed by atoms with Crippen LogP contribution in [0.3, 0.4) is 0 Å². The lowest BCUT2D eigenvalue weighted by molar-refractivity contribution is 0.103. The van der Waals surface area contributed by atoms with Crippen molar-refractivity contribution < 1.29 is 14.3 Å². The number of hydrogen-bond acceptors (Lipinski definition) is 4. The van der Waals surface area contributed by atoms with Crippen molar-refractivity contribution in [2.45, 2.75) is 6.92 Å². The molecule has 2 aromatic rings. The van der Waals surface area contributed by atoms with Crippen molar-refractivity contribution in [3.05, 3.63) is 51.5 Å². The molecule has 0 unspecified atom stereocenters. The molecule has 0 spiro atoms. The number of halogens is 1. The maximum absolute atomic E-state index is 12.7. The van der Waals surface area contributed by atoms with Crippen LogP contribution < -0.4 is 15.2 Å². The van der Waals surface area contributed by atoms with E-state index in [9.17, 15) is 4.79 Å². The molecular formula is C16H16BrNO3. The first-order chi connectivity index (χ1) is 9.96. The standard InChI is InChI=1S/C16H16BrNO3/c1-9-4-10(6-11(18)5-9)16(19)15-13(17)7-12(20-2)8-14(15)21-3/h4-8H,18H2,1-3H3. The summed E-state index contributed by atoms with van der Waals surface area (Å²) in [4.78, 5) is 12.7. The Morgan fingerprint density at radius 1 is 1.10 bits per heavy atom. The molecule has 110 valence electrons. The van der Waals surface area contributed by atoms with Crippen LogP contribution in [0.1, 0.15) is 21.5 Å². The Morgan fingerprint density at radius 3 is 2.38 bits per heavy atom. The Labute approximate surface area is 132 Å². The first-order valence-electron chi connectivity index (χ1n) is 6.29. The average Bonchev–Trinajstić information content (AvgIpc) is 2.44. The molecule has 0 amide bonds. The van der Waals surface area contributed by atoms with Gasteiger partial charge in [-0.05, 0) is 52.7 Å². The number of ether oxygens (including phenoxy) is 2. The number of benzene rings is 2. The van der Waals surface area contributed by atoms with E-state index in [0.29, 0.717) is 32.8 Å². The van der Waals surface area contributed by atoms with Gasteiger partial charge in [0.15, 0.2) is 5.78 Å². The van der Waals surface area contributed by atoms with Crippen molar-refractivity contribution >= 4 is 27.4 Å². The third-order valence-electron chi connectivity index (χ3n) is 3.07. The Balaban J connectivity index is 2.57. The van der Waals surface area contributed by atoms with Crippen molar-refractivity contribution in [1.29, 1.82) is 0 Å². The number of aryl methyl sites for hydroxylation is 1. The molecule has 0 saturated carbocycles. The van der Waals surface area contributed by atoms with Gasteiger partial charge in [-0.1, -0.05) is 0 Å². The summed E-state index contributed by atoms with van der Waals surface area (Å²) in [5, 5.41) is 0. The largest absolute Gasteiger partial charge is 0.497 e. The Hall–Kier alpha value is -2.01. The lowest BCUT2D eigenvalue weighted by atomic mass is 10.00. The second-order valence-electron chi connectivity index (χ2n) is 4.65. The molecule has 0 bridgehead atoms. The molecule has 0 atom stereocenters. The fourth-order valence-corrected chi connectivity index (χ4v) is 2.75. The van der Waals surface area contributed by atoms with Crippen LogP contribution in [0.4, 0.5) is 5.69 Å². The molecule has 5 heteroatoms. The van der Waals surface area contributed by atoms with E-state index in [1.807, 2.05) is 13.0 Å². The molecule has 0 aromatic heterocycles. The van der Waals surface area contributed by atoms with E-state index in [0.717, 1.165) is 5.56 Å². The first-order valence-corrected chi connectivity index (χ1v) is 7.09. The molecule has 0 aliphatic heterocycles. The van der Waals surface area contributed by atoms with Crippen LogP contribution in [0.2, 0.25) is 0 Å². The summed E-state index contributed by atoms with van der Waals surface area (Å²) in [6.45, 7) is 1.90. The van der Waals surface area contributed by atoms with E-state index >= 15 is 0 Å². The molecular weight excluding hydrogens is 334 g/mol. The number of nitrogens with two attached hydrogens (primary N) is 1. The highest BCUT2D eigenvalue weighted by Gasteiger charge is 2.20. The van der Waals surface area contributed by atoms with Gasteiger partial charge in [0.25, 0.3) is 0 Å². The van der Waals surface area contributed by atoms with Crippen LogP contribution in [-0.2, 0) is 0 Å². The lowest BCUT2D eigenvalue weighted by Crippen LogP contribution is -2.07. The normalized spacial score (nSPS) is 10.3. The molecule has 0 aliphatic rings. The molecule has 2 aromatic carbocycles. The zero-order valence-electron chi connectivity index (χ0n) is 12.1. The summed E-state index contributed by atoms with van der Waals surface area (Å²) >= 11 is 3.40. The van der Waals surface area contributed by atoms with E-state index in [1.54, 1.807) is 31.4 Å². The van der Waals surface area contributed by atoms with Gasteiger partial charge in [0, 0.05) is 21.8 Å². The third-order valence-corrected chi connectivity index (χ3v) is 3.70. The third kappa shape index (κ3) is 3.19. The maximum atomic E-state index is 12.7. The minimum absolute atomic E-state index is 0.156. The van der Waals surface area contributed by atoms with Crippen LogP contribution in [-0.4, -0.2) is 20.0 Å². The molecule has 0 saturated heterocycles. The number of rotatable bonds is 4. The summed E-state index contributed by atoms with van der Waals surface area (Å²) < 4.78 is 11.1. The molecule has 0 fully saturated rings. The topological polar surface area (TPSA) is 61.5 Å². The molecule has 0 heterocycles. The summed E-state index contributed by atoms with van der Waals surface area (Å²) in [6, 6.07) is 8.68. The van der Waals surface area contributed by atoms with Gasteiger partial charge < -0.3 is 15.2 Å². The highest BCUT2D eigenvalue weighted by molar-refractivity contribution is 9.10. The van der Waals surface area contributed by atoms with Gasteiger partial charge in [-0.15, -0.1) is 0 Å². The van der Waals surface area contributed by atoms with Crippen molar-refractivity contribution in [2.75, 3.05) is 20.0 Å². The quantitative estimate of drug-likeness (QED) is 0.676. The SMILES string of the molecule is COc1cc(Br)c(C(=O)c2cc(C)cc(N)c2)c(OC)c1. The van der Waals surface area contributed by atoms with Crippen LogP contribution in [0.25, 0.3) is 0 Å². The number of nitrogen functional groups attached to an aromatic ring is 1. The van der Waals surface area contributed by atoms with Gasteiger partial charge >= 0.3 is 0 Å². The number of carbonyl (C=O) groups excluding carboxylic acids is 1. The van der Waals surface area contributed by atoms with Crippen LogP contribution in [0.15, 0.2) is 34.8 Å². The highest BCUT2D eigenvalue weighted by atomic mass is 79.9. The van der Waals surface area contributed by atoms with Gasteiger partial charge in [0.1, 0.15) is 11.5 Å². The molecule has 0 aliphatic carbocycles. The summed E-state index contributed by atoms with van der Waals surface area (Å²) in [7, 11) is 3.08. The lowest BCUT2D eigenvalue weighted by Gasteiger charge is -2.12. The van der Waals surface area contributed by atoms with Gasteiger partial charge in [-0.3, -0.25) is 4.79 Å². The van der Waals surface area contributed by atoms with Crippen molar-refractivity contribution in [3.63, 3.8) is 0 Å². The summed E-state index contributed by atoms with van der Waals surface area (Å²) in [5.41, 5.74) is 8.28. The minimum Gasteiger partial charge on any atom is -0.497 e. The minimum atomic E-state index is -0.156. The molecule has 21 heavy (non-hydrogen) atoms. The first kappa shape index (κ1) is 15.4. The van der Waals surface area contributed by atoms with Gasteiger partial charge in [0.05, 0.1) is 19.8 Å². The summed E-state index contributed by atoms with van der Waals surface area (Å²) in [5.74, 6) is 0.905. The van der Waals surface area contributed by atoms with E-state index in [1.165, 1.54) is 7.11 Å². The van der Waals surface area contributed by atoms with E-state index < -0.39 is 0 Å². The molecule has 2 rings (SSSR count). The predicted octanol–water partition coefficient (Wildman–Crippen LogP) is 3.59. The Bertz CT molecular complexity index is 678. The van der Waals surface area contributed by atoms with Gasteiger partial charge in [-0.2, -0.15) is 0 Å². The van der Waals surface area contributed by atoms with E-state index in [-0.39, 0.29) is 5.78 Å². The number of carbonyl (C=O) groups is 1. The van der Waals surface area contributed by atoms with Crippen molar-refractivity contribution in [1.82, 2.24) is 0 Å². The van der Waals surface area contributed by atoms with Crippen LogP contribution in [0, 0.1) is 6.92 Å². The van der Waals surface area contributed by atoms with Crippen LogP contribution in [0.5, 0.6) is 11.5 Å². The zero-order valence-corrected chi connectivity index (χ0v) is 13.7. The monoisotopic (exact) mass is 349 g/mol. The predicted molar refractivity (Wildman–Crippen MR) is 86.3 cm³/mol. The Kier molecular flexibility index (Phi) is 4.53. The molecule has 0 radical (unpaired) electrons. The highest BCUT2D eigenvalue weighted by Crippen LogP contribution is 2.34. The number of anilines is 1. The number of hydrogen-bond donors (Lipinski definition) is 1. The second-order valence-corrected chi connectivity index (χ2v) is 5.50. The maximum Gasteiger partial charge on any atom is 0.197 e. The van der Waals surface area contributed by atoms with E-state index in [4.69, 9.17) is 15.2 Å². The smallest absolute Gasteiger partial charge is 0.197 e.